The smallest absolute Gasteiger partial charge is 0.414 e. The zero-order valence-corrected chi connectivity index (χ0v) is 16.7. The second kappa shape index (κ2) is 7.92. The van der Waals surface area contributed by atoms with Gasteiger partial charge in [0.1, 0.15) is 11.9 Å². The summed E-state index contributed by atoms with van der Waals surface area (Å²) in [5.74, 6) is 0.241. The predicted molar refractivity (Wildman–Crippen MR) is 108 cm³/mol. The van der Waals surface area contributed by atoms with Crippen LogP contribution in [-0.2, 0) is 10.2 Å². The third-order valence-corrected chi connectivity index (χ3v) is 4.76. The Labute approximate surface area is 165 Å². The highest BCUT2D eigenvalue weighted by molar-refractivity contribution is 5.97. The molecule has 1 unspecified atom stereocenters. The molecular formula is C22H26N2O4. The summed E-state index contributed by atoms with van der Waals surface area (Å²) in [4.78, 5) is 26.2. The fourth-order valence-corrected chi connectivity index (χ4v) is 3.11. The molecule has 6 nitrogen and oxygen atoms in total. The Balaban J connectivity index is 1.61. The van der Waals surface area contributed by atoms with Gasteiger partial charge in [-0.1, -0.05) is 45.0 Å². The van der Waals surface area contributed by atoms with E-state index in [4.69, 9.17) is 9.47 Å². The van der Waals surface area contributed by atoms with E-state index < -0.39 is 12.2 Å². The molecule has 0 aliphatic carbocycles. The van der Waals surface area contributed by atoms with Crippen LogP contribution in [0.4, 0.5) is 10.5 Å². The Morgan fingerprint density at radius 1 is 1.18 bits per heavy atom. The molecule has 1 aliphatic heterocycles. The van der Waals surface area contributed by atoms with Crippen molar-refractivity contribution in [3.05, 3.63) is 59.7 Å². The number of hydrogen-bond donors (Lipinski definition) is 1. The Hall–Kier alpha value is -3.02. The number of hydrogen-bond acceptors (Lipinski definition) is 4. The number of cyclic esters (lactones) is 1. The summed E-state index contributed by atoms with van der Waals surface area (Å²) in [6.45, 7) is 7.06. The van der Waals surface area contributed by atoms with Gasteiger partial charge in [0, 0.05) is 5.69 Å². The molecule has 1 N–H and O–H groups in total. The predicted octanol–water partition coefficient (Wildman–Crippen LogP) is 3.75. The highest BCUT2D eigenvalue weighted by Crippen LogP contribution is 2.27. The summed E-state index contributed by atoms with van der Waals surface area (Å²) in [7, 11) is 1.52. The fraction of sp³-hybridized carbons (Fsp3) is 0.364. The zero-order chi connectivity index (χ0) is 20.3. The Kier molecular flexibility index (Phi) is 5.58. The number of anilines is 1. The molecular weight excluding hydrogens is 356 g/mol. The molecule has 0 bridgehead atoms. The molecule has 0 aromatic heterocycles. The number of amides is 2. The normalized spacial score (nSPS) is 16.6. The number of benzene rings is 2. The lowest BCUT2D eigenvalue weighted by molar-refractivity contribution is 0.0913. The van der Waals surface area contributed by atoms with Gasteiger partial charge in [-0.25, -0.2) is 4.79 Å². The van der Waals surface area contributed by atoms with Gasteiger partial charge in [-0.15, -0.1) is 0 Å². The Morgan fingerprint density at radius 3 is 2.50 bits per heavy atom. The van der Waals surface area contributed by atoms with Crippen LogP contribution in [0.1, 0.15) is 36.7 Å². The van der Waals surface area contributed by atoms with Crippen molar-refractivity contribution < 1.29 is 19.1 Å². The van der Waals surface area contributed by atoms with Gasteiger partial charge in [-0.3, -0.25) is 9.69 Å². The first-order valence-corrected chi connectivity index (χ1v) is 9.29. The standard InChI is InChI=1S/C22H26N2O4/c1-22(2,3)15-9-11-16(12-10-15)24-14-17(28-21(24)26)13-23-20(25)18-7-5-6-8-19(18)27-4/h5-12,17H,13-14H2,1-4H3,(H,23,25). The lowest BCUT2D eigenvalue weighted by Gasteiger charge is -2.20. The molecule has 1 saturated heterocycles. The molecule has 1 fully saturated rings. The van der Waals surface area contributed by atoms with E-state index in [9.17, 15) is 9.59 Å². The first kappa shape index (κ1) is 19.7. The zero-order valence-electron chi connectivity index (χ0n) is 16.7. The molecule has 1 heterocycles. The SMILES string of the molecule is COc1ccccc1C(=O)NCC1CN(c2ccc(C(C)(C)C)cc2)C(=O)O1. The Bertz CT molecular complexity index is 856. The van der Waals surface area contributed by atoms with Gasteiger partial charge in [0.15, 0.2) is 0 Å². The molecule has 1 atom stereocenters. The lowest BCUT2D eigenvalue weighted by atomic mass is 9.87. The van der Waals surface area contributed by atoms with Crippen LogP contribution < -0.4 is 15.0 Å². The van der Waals surface area contributed by atoms with Crippen LogP contribution >= 0.6 is 0 Å². The number of nitrogens with one attached hydrogen (secondary N) is 1. The van der Waals surface area contributed by atoms with Crippen LogP contribution in [-0.4, -0.2) is 38.3 Å². The first-order chi connectivity index (χ1) is 13.3. The van der Waals surface area contributed by atoms with E-state index in [2.05, 4.69) is 26.1 Å². The van der Waals surface area contributed by atoms with Crippen molar-refractivity contribution in [2.45, 2.75) is 32.3 Å². The van der Waals surface area contributed by atoms with Crippen molar-refractivity contribution in [2.24, 2.45) is 0 Å². The minimum absolute atomic E-state index is 0.0510. The van der Waals surface area contributed by atoms with Gasteiger partial charge in [-0.05, 0) is 35.2 Å². The van der Waals surface area contributed by atoms with Crippen molar-refractivity contribution in [3.63, 3.8) is 0 Å². The summed E-state index contributed by atoms with van der Waals surface area (Å²) in [5, 5.41) is 2.81. The number of methoxy groups -OCH3 is 1. The number of nitrogens with zero attached hydrogens (tertiary/aromatic N) is 1. The molecule has 0 spiro atoms. The van der Waals surface area contributed by atoms with Crippen LogP contribution in [0.5, 0.6) is 5.75 Å². The van der Waals surface area contributed by atoms with Crippen molar-refractivity contribution in [1.82, 2.24) is 5.32 Å². The highest BCUT2D eigenvalue weighted by Gasteiger charge is 2.32. The van der Waals surface area contributed by atoms with Gasteiger partial charge in [-0.2, -0.15) is 0 Å². The van der Waals surface area contributed by atoms with Gasteiger partial charge in [0.05, 0.1) is 25.8 Å². The minimum Gasteiger partial charge on any atom is -0.496 e. The van der Waals surface area contributed by atoms with E-state index in [0.29, 0.717) is 17.9 Å². The molecule has 2 aromatic carbocycles. The number of ether oxygens (including phenoxy) is 2. The fourth-order valence-electron chi connectivity index (χ4n) is 3.11. The summed E-state index contributed by atoms with van der Waals surface area (Å²) >= 11 is 0. The van der Waals surface area contributed by atoms with Gasteiger partial charge >= 0.3 is 6.09 Å². The molecule has 0 radical (unpaired) electrons. The largest absolute Gasteiger partial charge is 0.496 e. The number of rotatable bonds is 5. The van der Waals surface area contributed by atoms with Crippen molar-refractivity contribution in [2.75, 3.05) is 25.1 Å². The summed E-state index contributed by atoms with van der Waals surface area (Å²) in [5.41, 5.74) is 2.49. The van der Waals surface area contributed by atoms with Gasteiger partial charge < -0.3 is 14.8 Å². The average Bonchev–Trinajstić information content (AvgIpc) is 3.06. The van der Waals surface area contributed by atoms with Crippen LogP contribution in [0.25, 0.3) is 0 Å². The molecule has 1 aliphatic rings. The monoisotopic (exact) mass is 382 g/mol. The van der Waals surface area contributed by atoms with Gasteiger partial charge in [0.2, 0.25) is 0 Å². The number of carbonyl (C=O) groups excluding carboxylic acids is 2. The van der Waals surface area contributed by atoms with E-state index in [1.807, 2.05) is 24.3 Å². The molecule has 28 heavy (non-hydrogen) atoms. The van der Waals surface area contributed by atoms with Crippen LogP contribution in [0.15, 0.2) is 48.5 Å². The molecule has 6 heteroatoms. The topological polar surface area (TPSA) is 67.9 Å². The second-order valence-corrected chi connectivity index (χ2v) is 7.82. The summed E-state index contributed by atoms with van der Waals surface area (Å²) < 4.78 is 10.6. The maximum Gasteiger partial charge on any atom is 0.414 e. The van der Waals surface area contributed by atoms with Crippen molar-refractivity contribution in [1.29, 1.82) is 0 Å². The molecule has 3 rings (SSSR count). The first-order valence-electron chi connectivity index (χ1n) is 9.29. The van der Waals surface area contributed by atoms with E-state index >= 15 is 0 Å². The maximum atomic E-state index is 12.4. The highest BCUT2D eigenvalue weighted by atomic mass is 16.6. The van der Waals surface area contributed by atoms with Crippen molar-refractivity contribution >= 4 is 17.7 Å². The molecule has 2 amide bonds. The van der Waals surface area contributed by atoms with E-state index in [1.165, 1.54) is 12.7 Å². The van der Waals surface area contributed by atoms with E-state index in [-0.39, 0.29) is 17.9 Å². The molecule has 148 valence electrons. The van der Waals surface area contributed by atoms with Crippen LogP contribution in [0.2, 0.25) is 0 Å². The quantitative estimate of drug-likeness (QED) is 0.855. The third-order valence-electron chi connectivity index (χ3n) is 4.76. The Morgan fingerprint density at radius 2 is 1.86 bits per heavy atom. The third kappa shape index (κ3) is 4.27. The second-order valence-electron chi connectivity index (χ2n) is 7.82. The summed E-state index contributed by atoms with van der Waals surface area (Å²) in [6.07, 6.45) is -0.812. The summed E-state index contributed by atoms with van der Waals surface area (Å²) in [6, 6.07) is 14.9. The molecule has 2 aromatic rings. The maximum absolute atomic E-state index is 12.4. The van der Waals surface area contributed by atoms with E-state index in [1.54, 1.807) is 29.2 Å². The van der Waals surface area contributed by atoms with Crippen molar-refractivity contribution in [3.8, 4) is 5.75 Å². The average molecular weight is 382 g/mol. The van der Waals surface area contributed by atoms with Gasteiger partial charge in [0.25, 0.3) is 5.91 Å². The minimum atomic E-state index is -0.409. The lowest BCUT2D eigenvalue weighted by Crippen LogP contribution is -2.34. The number of carbonyl (C=O) groups is 2. The van der Waals surface area contributed by atoms with E-state index in [0.717, 1.165) is 5.69 Å². The molecule has 0 saturated carbocycles. The van der Waals surface area contributed by atoms with Crippen LogP contribution in [0.3, 0.4) is 0 Å². The van der Waals surface area contributed by atoms with Crippen LogP contribution in [0, 0.1) is 0 Å². The number of para-hydroxylation sites is 1.